The smallest absolute Gasteiger partial charge is 0.268 e. The van der Waals surface area contributed by atoms with E-state index in [2.05, 4.69) is 27.2 Å². The third-order valence-corrected chi connectivity index (χ3v) is 4.51. The number of aromatic amines is 1. The summed E-state index contributed by atoms with van der Waals surface area (Å²) in [5.74, 6) is -0.560. The largest absolute Gasteiger partial charge is 0.347 e. The number of benzene rings is 1. The molecule has 1 aromatic carbocycles. The van der Waals surface area contributed by atoms with Gasteiger partial charge in [0.05, 0.1) is 17.7 Å². The summed E-state index contributed by atoms with van der Waals surface area (Å²) < 4.78 is 0. The molecular formula is C20H22N4O2. The summed E-state index contributed by atoms with van der Waals surface area (Å²) in [6, 6.07) is 8.99. The number of hydrogen-bond donors (Lipinski definition) is 3. The number of imidazole rings is 1. The summed E-state index contributed by atoms with van der Waals surface area (Å²) in [4.78, 5) is 32.2. The van der Waals surface area contributed by atoms with E-state index in [4.69, 9.17) is 0 Å². The van der Waals surface area contributed by atoms with Crippen molar-refractivity contribution in [2.24, 2.45) is 0 Å². The molecule has 1 saturated heterocycles. The van der Waals surface area contributed by atoms with E-state index in [0.29, 0.717) is 12.1 Å². The van der Waals surface area contributed by atoms with Gasteiger partial charge in [-0.3, -0.25) is 9.59 Å². The monoisotopic (exact) mass is 350 g/mol. The number of amides is 2. The van der Waals surface area contributed by atoms with E-state index >= 15 is 0 Å². The van der Waals surface area contributed by atoms with Crippen molar-refractivity contribution >= 4 is 17.9 Å². The first kappa shape index (κ1) is 17.7. The lowest BCUT2D eigenvalue weighted by atomic mass is 9.88. The van der Waals surface area contributed by atoms with Crippen molar-refractivity contribution < 1.29 is 9.59 Å². The second kappa shape index (κ2) is 7.00. The van der Waals surface area contributed by atoms with E-state index in [1.165, 1.54) is 0 Å². The van der Waals surface area contributed by atoms with Gasteiger partial charge < -0.3 is 15.6 Å². The summed E-state index contributed by atoms with van der Waals surface area (Å²) in [6.07, 6.45) is 5.40. The lowest BCUT2D eigenvalue weighted by Gasteiger charge is -2.25. The summed E-state index contributed by atoms with van der Waals surface area (Å²) in [5.41, 5.74) is 2.26. The lowest BCUT2D eigenvalue weighted by Crippen LogP contribution is -2.55. The van der Waals surface area contributed by atoms with Crippen molar-refractivity contribution in [2.45, 2.75) is 31.7 Å². The van der Waals surface area contributed by atoms with Crippen LogP contribution in [-0.2, 0) is 21.4 Å². The van der Waals surface area contributed by atoms with Crippen molar-refractivity contribution in [3.63, 3.8) is 0 Å². The van der Waals surface area contributed by atoms with Crippen LogP contribution in [0.25, 0.3) is 6.08 Å². The Morgan fingerprint density at radius 3 is 2.65 bits per heavy atom. The van der Waals surface area contributed by atoms with Crippen LogP contribution < -0.4 is 10.6 Å². The molecule has 3 N–H and O–H groups in total. The lowest BCUT2D eigenvalue weighted by molar-refractivity contribution is -0.131. The van der Waals surface area contributed by atoms with Gasteiger partial charge in [0, 0.05) is 11.8 Å². The maximum Gasteiger partial charge on any atom is 0.268 e. The van der Waals surface area contributed by atoms with Crippen LogP contribution >= 0.6 is 0 Å². The van der Waals surface area contributed by atoms with Gasteiger partial charge in [-0.25, -0.2) is 4.98 Å². The van der Waals surface area contributed by atoms with Crippen LogP contribution in [0.3, 0.4) is 0 Å². The van der Waals surface area contributed by atoms with Crippen molar-refractivity contribution in [1.29, 1.82) is 0 Å². The number of piperazine rings is 1. The Hall–Kier alpha value is -3.15. The molecule has 0 bridgehead atoms. The Morgan fingerprint density at radius 1 is 1.23 bits per heavy atom. The summed E-state index contributed by atoms with van der Waals surface area (Å²) in [7, 11) is 0. The van der Waals surface area contributed by atoms with E-state index in [-0.39, 0.29) is 22.9 Å². The van der Waals surface area contributed by atoms with E-state index in [0.717, 1.165) is 11.3 Å². The van der Waals surface area contributed by atoms with Crippen molar-refractivity contribution in [1.82, 2.24) is 20.6 Å². The topological polar surface area (TPSA) is 86.9 Å². The Kier molecular flexibility index (Phi) is 4.75. The van der Waals surface area contributed by atoms with Gasteiger partial charge in [0.2, 0.25) is 5.91 Å². The normalized spacial score (nSPS) is 19.2. The molecule has 1 fully saturated rings. The highest BCUT2D eigenvalue weighted by Gasteiger charge is 2.30. The first-order valence-corrected chi connectivity index (χ1v) is 8.45. The Bertz CT molecular complexity index is 865. The van der Waals surface area contributed by atoms with Gasteiger partial charge in [0.1, 0.15) is 11.7 Å². The number of aromatic nitrogens is 2. The summed E-state index contributed by atoms with van der Waals surface area (Å²) >= 11 is 0. The quantitative estimate of drug-likeness (QED) is 0.570. The van der Waals surface area contributed by atoms with E-state index < -0.39 is 6.04 Å². The number of hydrogen-bond acceptors (Lipinski definition) is 3. The average molecular weight is 350 g/mol. The summed E-state index contributed by atoms with van der Waals surface area (Å²) in [5, 5.41) is 5.47. The van der Waals surface area contributed by atoms with Crippen molar-refractivity contribution in [3.8, 4) is 0 Å². The van der Waals surface area contributed by atoms with Gasteiger partial charge in [-0.1, -0.05) is 50.3 Å². The maximum atomic E-state index is 12.4. The highest BCUT2D eigenvalue weighted by atomic mass is 16.2. The third kappa shape index (κ3) is 3.59. The number of rotatable bonds is 5. The highest BCUT2D eigenvalue weighted by Crippen LogP contribution is 2.26. The molecule has 0 spiro atoms. The third-order valence-electron chi connectivity index (χ3n) is 4.51. The molecule has 1 atom stereocenters. The molecule has 0 saturated carbocycles. The maximum absolute atomic E-state index is 12.4. The second-order valence-electron chi connectivity index (χ2n) is 6.85. The molecule has 0 radical (unpaired) electrons. The first-order chi connectivity index (χ1) is 12.4. The van der Waals surface area contributed by atoms with E-state index in [9.17, 15) is 9.59 Å². The Morgan fingerprint density at radius 2 is 1.96 bits per heavy atom. The predicted molar refractivity (Wildman–Crippen MR) is 100 cm³/mol. The number of carbonyl (C=O) groups is 2. The fraction of sp³-hybridized carbons (Fsp3) is 0.250. The fourth-order valence-corrected chi connectivity index (χ4v) is 2.84. The molecule has 6 heteroatoms. The van der Waals surface area contributed by atoms with Crippen LogP contribution in [0.4, 0.5) is 0 Å². The molecule has 3 rings (SSSR count). The van der Waals surface area contributed by atoms with Crippen LogP contribution in [0, 0.1) is 0 Å². The van der Waals surface area contributed by atoms with Gasteiger partial charge in [-0.15, -0.1) is 6.58 Å². The minimum Gasteiger partial charge on any atom is -0.347 e. The predicted octanol–water partition coefficient (Wildman–Crippen LogP) is 2.07. The molecule has 6 nitrogen and oxygen atoms in total. The van der Waals surface area contributed by atoms with Gasteiger partial charge in [0.15, 0.2) is 0 Å². The molecular weight excluding hydrogens is 328 g/mol. The zero-order chi connectivity index (χ0) is 18.7. The van der Waals surface area contributed by atoms with Crippen molar-refractivity contribution in [2.75, 3.05) is 0 Å². The Labute approximate surface area is 152 Å². The van der Waals surface area contributed by atoms with Crippen LogP contribution in [0.2, 0.25) is 0 Å². The second-order valence-corrected chi connectivity index (χ2v) is 6.85. The molecule has 26 heavy (non-hydrogen) atoms. The highest BCUT2D eigenvalue weighted by molar-refractivity contribution is 6.07. The SMILES string of the molecule is C=CC(C)(C)c1[nH]cnc1C=C1NC(=O)[C@H](Cc2ccccc2)NC1=O. The van der Waals surface area contributed by atoms with E-state index in [1.807, 2.05) is 44.2 Å². The molecule has 134 valence electrons. The van der Waals surface area contributed by atoms with Crippen LogP contribution in [0.15, 0.2) is 55.0 Å². The van der Waals surface area contributed by atoms with Crippen molar-refractivity contribution in [3.05, 3.63) is 72.0 Å². The van der Waals surface area contributed by atoms with Gasteiger partial charge in [-0.2, -0.15) is 0 Å². The van der Waals surface area contributed by atoms with Crippen LogP contribution in [0.5, 0.6) is 0 Å². The number of nitrogens with one attached hydrogen (secondary N) is 3. The molecule has 2 amide bonds. The zero-order valence-corrected chi connectivity index (χ0v) is 14.9. The molecule has 0 unspecified atom stereocenters. The summed E-state index contributed by atoms with van der Waals surface area (Å²) in [6.45, 7) is 7.82. The molecule has 2 aromatic rings. The van der Waals surface area contributed by atoms with Gasteiger partial charge in [0.25, 0.3) is 5.91 Å². The van der Waals surface area contributed by atoms with E-state index in [1.54, 1.807) is 18.5 Å². The first-order valence-electron chi connectivity index (χ1n) is 8.45. The molecule has 0 aliphatic carbocycles. The van der Waals surface area contributed by atoms with Gasteiger partial charge >= 0.3 is 0 Å². The number of nitrogens with zero attached hydrogens (tertiary/aromatic N) is 1. The standard InChI is InChI=1S/C20H22N4O2/c1-4-20(2,3)17-14(21-12-22-17)11-16-19(26)23-15(18(25)24-16)10-13-8-6-5-7-9-13/h4-9,11-12,15H,1,10H2,2-3H3,(H,21,22)(H,23,26)(H,24,25)/t15-/m0/s1. The molecule has 2 heterocycles. The minimum absolute atomic E-state index is 0.188. The number of allylic oxidation sites excluding steroid dienone is 1. The molecule has 1 aromatic heterocycles. The zero-order valence-electron chi connectivity index (χ0n) is 14.9. The fourth-order valence-electron chi connectivity index (χ4n) is 2.84. The average Bonchev–Trinajstić information content (AvgIpc) is 3.09. The molecule has 1 aliphatic heterocycles. The van der Waals surface area contributed by atoms with Crippen LogP contribution in [-0.4, -0.2) is 27.8 Å². The number of carbonyl (C=O) groups excluding carboxylic acids is 2. The van der Waals surface area contributed by atoms with Gasteiger partial charge in [-0.05, 0) is 11.6 Å². The van der Waals surface area contributed by atoms with Crippen LogP contribution in [0.1, 0.15) is 30.8 Å². The number of H-pyrrole nitrogens is 1. The minimum atomic E-state index is -0.592. The Balaban J connectivity index is 1.79. The molecule has 1 aliphatic rings.